The van der Waals surface area contributed by atoms with E-state index in [0.717, 1.165) is 18.5 Å². The summed E-state index contributed by atoms with van der Waals surface area (Å²) in [6.45, 7) is 10.5. The lowest BCUT2D eigenvalue weighted by Gasteiger charge is -2.39. The molecule has 0 heterocycles. The maximum atomic E-state index is 3.57. The van der Waals surface area contributed by atoms with Crippen molar-refractivity contribution in [2.75, 3.05) is 6.54 Å². The van der Waals surface area contributed by atoms with Gasteiger partial charge < -0.3 is 5.32 Å². The van der Waals surface area contributed by atoms with E-state index in [2.05, 4.69) is 33.0 Å². The van der Waals surface area contributed by atoms with Gasteiger partial charge in [-0.2, -0.15) is 0 Å². The summed E-state index contributed by atoms with van der Waals surface area (Å²) in [6.07, 6.45) is 4.12. The van der Waals surface area contributed by atoms with Crippen molar-refractivity contribution in [3.63, 3.8) is 0 Å². The monoisotopic (exact) mass is 169 g/mol. The summed E-state index contributed by atoms with van der Waals surface area (Å²) in [5, 5.41) is 3.57. The van der Waals surface area contributed by atoms with Gasteiger partial charge in [-0.3, -0.25) is 0 Å². The predicted octanol–water partition coefficient (Wildman–Crippen LogP) is 2.81. The fraction of sp³-hybridized carbons (Fsp3) is 1.00. The summed E-state index contributed by atoms with van der Waals surface area (Å²) in [5.41, 5.74) is 0.560. The minimum atomic E-state index is 0.560. The molecule has 1 nitrogen and oxygen atoms in total. The fourth-order valence-electron chi connectivity index (χ4n) is 2.79. The Hall–Kier alpha value is -0.0400. The first-order valence-corrected chi connectivity index (χ1v) is 5.27. The zero-order chi connectivity index (χ0) is 9.19. The molecule has 0 aromatic carbocycles. The van der Waals surface area contributed by atoms with Crippen LogP contribution in [0.5, 0.6) is 0 Å². The van der Waals surface area contributed by atoms with Gasteiger partial charge in [-0.15, -0.1) is 0 Å². The highest BCUT2D eigenvalue weighted by Gasteiger charge is 2.31. The van der Waals surface area contributed by atoms with Gasteiger partial charge in [0.15, 0.2) is 0 Å². The van der Waals surface area contributed by atoms with E-state index < -0.39 is 0 Å². The Morgan fingerprint density at radius 2 is 2.00 bits per heavy atom. The average Bonchev–Trinajstić information content (AvgIpc) is 1.82. The van der Waals surface area contributed by atoms with Crippen LogP contribution in [0.1, 0.15) is 47.0 Å². The third-order valence-electron chi connectivity index (χ3n) is 2.88. The van der Waals surface area contributed by atoms with Gasteiger partial charge >= 0.3 is 0 Å². The van der Waals surface area contributed by atoms with Gasteiger partial charge in [0.25, 0.3) is 0 Å². The number of hydrogen-bond acceptors (Lipinski definition) is 1. The second-order valence-electron chi connectivity index (χ2n) is 5.17. The Kier molecular flexibility index (Phi) is 3.16. The first-order valence-electron chi connectivity index (χ1n) is 5.27. The van der Waals surface area contributed by atoms with E-state index in [1.54, 1.807) is 0 Å². The molecule has 1 N–H and O–H groups in total. The summed E-state index contributed by atoms with van der Waals surface area (Å²) in [4.78, 5) is 0. The van der Waals surface area contributed by atoms with Crippen molar-refractivity contribution in [2.24, 2.45) is 11.3 Å². The molecule has 1 aliphatic carbocycles. The lowest BCUT2D eigenvalue weighted by molar-refractivity contribution is 0.153. The molecule has 0 spiro atoms. The van der Waals surface area contributed by atoms with E-state index in [-0.39, 0.29) is 0 Å². The van der Waals surface area contributed by atoms with Crippen LogP contribution in [-0.2, 0) is 0 Å². The molecular weight excluding hydrogens is 146 g/mol. The van der Waals surface area contributed by atoms with Crippen LogP contribution in [-0.4, -0.2) is 12.6 Å². The Morgan fingerprint density at radius 1 is 1.33 bits per heavy atom. The Morgan fingerprint density at radius 3 is 2.50 bits per heavy atom. The highest BCUT2D eigenvalue weighted by Crippen LogP contribution is 2.38. The van der Waals surface area contributed by atoms with Crippen molar-refractivity contribution in [3.05, 3.63) is 0 Å². The van der Waals surface area contributed by atoms with E-state index in [0.29, 0.717) is 5.41 Å². The molecule has 72 valence electrons. The summed E-state index contributed by atoms with van der Waals surface area (Å²) < 4.78 is 0. The average molecular weight is 169 g/mol. The lowest BCUT2D eigenvalue weighted by Crippen LogP contribution is -2.39. The molecule has 0 aromatic heterocycles. The highest BCUT2D eigenvalue weighted by molar-refractivity contribution is 4.86. The van der Waals surface area contributed by atoms with E-state index in [1.807, 2.05) is 0 Å². The van der Waals surface area contributed by atoms with Gasteiger partial charge in [-0.25, -0.2) is 0 Å². The molecule has 0 aliphatic heterocycles. The minimum Gasteiger partial charge on any atom is -0.314 e. The zero-order valence-corrected chi connectivity index (χ0v) is 8.98. The first kappa shape index (κ1) is 10.0. The van der Waals surface area contributed by atoms with Gasteiger partial charge in [-0.1, -0.05) is 27.7 Å². The van der Waals surface area contributed by atoms with Crippen LogP contribution in [0.3, 0.4) is 0 Å². The second kappa shape index (κ2) is 3.78. The number of nitrogens with one attached hydrogen (secondary N) is 1. The van der Waals surface area contributed by atoms with Crippen molar-refractivity contribution in [1.82, 2.24) is 5.32 Å². The lowest BCUT2D eigenvalue weighted by atomic mass is 9.70. The van der Waals surface area contributed by atoms with Gasteiger partial charge in [0, 0.05) is 6.04 Å². The fourth-order valence-corrected chi connectivity index (χ4v) is 2.79. The van der Waals surface area contributed by atoms with Crippen LogP contribution in [0.4, 0.5) is 0 Å². The quantitative estimate of drug-likeness (QED) is 0.670. The molecule has 0 saturated heterocycles. The standard InChI is InChI=1S/C11H23N/c1-5-12-10-6-9(2)7-11(3,4)8-10/h9-10,12H,5-8H2,1-4H3/t9-,10?/m0/s1. The Balaban J connectivity index is 2.46. The van der Waals surface area contributed by atoms with Crippen LogP contribution in [0, 0.1) is 11.3 Å². The van der Waals surface area contributed by atoms with Gasteiger partial charge in [0.1, 0.15) is 0 Å². The van der Waals surface area contributed by atoms with Crippen LogP contribution in [0.15, 0.2) is 0 Å². The second-order valence-corrected chi connectivity index (χ2v) is 5.17. The molecule has 1 unspecified atom stereocenters. The molecular formula is C11H23N. The summed E-state index contributed by atoms with van der Waals surface area (Å²) in [6, 6.07) is 0.772. The molecule has 1 rings (SSSR count). The maximum absolute atomic E-state index is 3.57. The first-order chi connectivity index (χ1) is 5.53. The van der Waals surface area contributed by atoms with Crippen LogP contribution in [0.25, 0.3) is 0 Å². The van der Waals surface area contributed by atoms with Crippen LogP contribution in [0.2, 0.25) is 0 Å². The van der Waals surface area contributed by atoms with Crippen molar-refractivity contribution in [3.8, 4) is 0 Å². The number of rotatable bonds is 2. The highest BCUT2D eigenvalue weighted by atomic mass is 14.9. The third-order valence-corrected chi connectivity index (χ3v) is 2.88. The van der Waals surface area contributed by atoms with E-state index in [9.17, 15) is 0 Å². The maximum Gasteiger partial charge on any atom is 0.00745 e. The van der Waals surface area contributed by atoms with Gasteiger partial charge in [-0.05, 0) is 37.1 Å². The topological polar surface area (TPSA) is 12.0 Å². The molecule has 12 heavy (non-hydrogen) atoms. The normalized spacial score (nSPS) is 35.0. The SMILES string of the molecule is CCNC1C[C@H](C)CC(C)(C)C1. The Bertz CT molecular complexity index is 140. The smallest absolute Gasteiger partial charge is 0.00745 e. The van der Waals surface area contributed by atoms with Gasteiger partial charge in [0.05, 0.1) is 0 Å². The molecule has 0 radical (unpaired) electrons. The predicted molar refractivity (Wildman–Crippen MR) is 54.3 cm³/mol. The molecule has 1 aliphatic rings. The summed E-state index contributed by atoms with van der Waals surface area (Å²) in [5.74, 6) is 0.901. The summed E-state index contributed by atoms with van der Waals surface area (Å²) >= 11 is 0. The Labute approximate surface area is 76.9 Å². The van der Waals surface area contributed by atoms with Crippen molar-refractivity contribution < 1.29 is 0 Å². The van der Waals surface area contributed by atoms with Crippen molar-refractivity contribution >= 4 is 0 Å². The zero-order valence-electron chi connectivity index (χ0n) is 8.98. The largest absolute Gasteiger partial charge is 0.314 e. The van der Waals surface area contributed by atoms with Crippen molar-refractivity contribution in [2.45, 2.75) is 53.0 Å². The summed E-state index contributed by atoms with van der Waals surface area (Å²) in [7, 11) is 0. The van der Waals surface area contributed by atoms with Gasteiger partial charge in [0.2, 0.25) is 0 Å². The van der Waals surface area contributed by atoms with E-state index in [1.165, 1.54) is 19.3 Å². The van der Waals surface area contributed by atoms with Crippen molar-refractivity contribution in [1.29, 1.82) is 0 Å². The van der Waals surface area contributed by atoms with E-state index in [4.69, 9.17) is 0 Å². The third kappa shape index (κ3) is 2.78. The molecule has 1 heteroatoms. The molecule has 1 saturated carbocycles. The molecule has 0 aromatic rings. The number of hydrogen-bond donors (Lipinski definition) is 1. The molecule has 0 bridgehead atoms. The van der Waals surface area contributed by atoms with Crippen LogP contribution < -0.4 is 5.32 Å². The minimum absolute atomic E-state index is 0.560. The molecule has 0 amide bonds. The molecule has 2 atom stereocenters. The van der Waals surface area contributed by atoms with Crippen LogP contribution >= 0.6 is 0 Å². The van der Waals surface area contributed by atoms with E-state index >= 15 is 0 Å². The molecule has 1 fully saturated rings.